The topological polar surface area (TPSA) is 30.5 Å². The van der Waals surface area contributed by atoms with Crippen molar-refractivity contribution < 1.29 is 9.47 Å². The maximum atomic E-state index is 5.51. The van der Waals surface area contributed by atoms with Gasteiger partial charge in [0.2, 0.25) is 0 Å². The number of nitrogens with one attached hydrogen (secondary N) is 1. The van der Waals surface area contributed by atoms with E-state index in [-0.39, 0.29) is 0 Å². The molecule has 0 saturated carbocycles. The lowest BCUT2D eigenvalue weighted by atomic mass is 10.3. The molecule has 0 aliphatic carbocycles. The molecule has 0 fully saturated rings. The van der Waals surface area contributed by atoms with Crippen LogP contribution in [-0.2, 0) is 16.1 Å². The molecule has 1 N–H and O–H groups in total. The Morgan fingerprint density at radius 3 is 3.07 bits per heavy atom. The van der Waals surface area contributed by atoms with Crippen LogP contribution in [0.25, 0.3) is 0 Å². The van der Waals surface area contributed by atoms with Crippen molar-refractivity contribution in [2.45, 2.75) is 19.6 Å². The van der Waals surface area contributed by atoms with E-state index in [1.165, 1.54) is 4.88 Å². The lowest BCUT2D eigenvalue weighted by molar-refractivity contribution is 0.116. The summed E-state index contributed by atoms with van der Waals surface area (Å²) in [6, 6.07) is 4.52. The maximum absolute atomic E-state index is 5.51. The summed E-state index contributed by atoms with van der Waals surface area (Å²) in [7, 11) is 1.71. The van der Waals surface area contributed by atoms with E-state index in [4.69, 9.17) is 9.47 Å². The second kappa shape index (κ2) is 7.82. The Kier molecular flexibility index (Phi) is 6.59. The molecule has 0 radical (unpaired) electrons. The summed E-state index contributed by atoms with van der Waals surface area (Å²) in [6.45, 7) is 5.17. The lowest BCUT2D eigenvalue weighted by Crippen LogP contribution is -2.32. The minimum absolute atomic E-state index is 0.389. The number of rotatable bonds is 8. The van der Waals surface area contributed by atoms with Crippen LogP contribution in [0, 0.1) is 0 Å². The standard InChI is InChI=1S/C11H19NO2S/c1-10(8-13-2)12-5-6-14-9-11-4-3-7-15-11/h3-4,7,10,12H,5-6,8-9H2,1-2H3. The molecule has 1 heterocycles. The van der Waals surface area contributed by atoms with Gasteiger partial charge in [0, 0.05) is 24.6 Å². The number of thiophene rings is 1. The molecular formula is C11H19NO2S. The summed E-state index contributed by atoms with van der Waals surface area (Å²) < 4.78 is 10.5. The zero-order valence-electron chi connectivity index (χ0n) is 9.36. The van der Waals surface area contributed by atoms with Gasteiger partial charge in [-0.15, -0.1) is 11.3 Å². The van der Waals surface area contributed by atoms with Crippen LogP contribution in [0.5, 0.6) is 0 Å². The second-order valence-corrected chi connectivity index (χ2v) is 4.47. The fraction of sp³-hybridized carbons (Fsp3) is 0.636. The van der Waals surface area contributed by atoms with Crippen molar-refractivity contribution in [3.8, 4) is 0 Å². The van der Waals surface area contributed by atoms with Gasteiger partial charge in [0.05, 0.1) is 19.8 Å². The number of ether oxygens (including phenoxy) is 2. The summed E-state index contributed by atoms with van der Waals surface area (Å²) in [4.78, 5) is 1.28. The number of hydrogen-bond donors (Lipinski definition) is 1. The molecule has 0 saturated heterocycles. The van der Waals surface area contributed by atoms with E-state index < -0.39 is 0 Å². The zero-order valence-corrected chi connectivity index (χ0v) is 10.2. The fourth-order valence-electron chi connectivity index (χ4n) is 1.25. The first-order valence-electron chi connectivity index (χ1n) is 5.15. The number of methoxy groups -OCH3 is 1. The van der Waals surface area contributed by atoms with Crippen molar-refractivity contribution in [2.24, 2.45) is 0 Å². The third-order valence-electron chi connectivity index (χ3n) is 1.98. The van der Waals surface area contributed by atoms with Gasteiger partial charge in [0.25, 0.3) is 0 Å². The van der Waals surface area contributed by atoms with Gasteiger partial charge in [-0.25, -0.2) is 0 Å². The first-order chi connectivity index (χ1) is 7.33. The van der Waals surface area contributed by atoms with Crippen LogP contribution in [0.4, 0.5) is 0 Å². The highest BCUT2D eigenvalue weighted by Crippen LogP contribution is 2.08. The maximum Gasteiger partial charge on any atom is 0.0809 e. The molecule has 1 aromatic heterocycles. The van der Waals surface area contributed by atoms with Gasteiger partial charge in [-0.1, -0.05) is 6.07 Å². The van der Waals surface area contributed by atoms with Gasteiger partial charge in [-0.05, 0) is 18.4 Å². The van der Waals surface area contributed by atoms with E-state index in [1.54, 1.807) is 18.4 Å². The van der Waals surface area contributed by atoms with Crippen molar-refractivity contribution >= 4 is 11.3 Å². The monoisotopic (exact) mass is 229 g/mol. The van der Waals surface area contributed by atoms with Crippen molar-refractivity contribution in [1.29, 1.82) is 0 Å². The minimum Gasteiger partial charge on any atom is -0.383 e. The van der Waals surface area contributed by atoms with Crippen LogP contribution >= 0.6 is 11.3 Å². The summed E-state index contributed by atoms with van der Waals surface area (Å²) in [5.74, 6) is 0. The second-order valence-electron chi connectivity index (χ2n) is 3.44. The Bertz CT molecular complexity index is 239. The average Bonchev–Trinajstić information content (AvgIpc) is 2.70. The first-order valence-corrected chi connectivity index (χ1v) is 6.03. The summed E-state index contributed by atoms with van der Waals surface area (Å²) in [5.41, 5.74) is 0. The van der Waals surface area contributed by atoms with Crippen LogP contribution in [-0.4, -0.2) is 32.9 Å². The predicted octanol–water partition coefficient (Wildman–Crippen LogP) is 1.89. The Morgan fingerprint density at radius 2 is 2.40 bits per heavy atom. The Balaban J connectivity index is 1.93. The van der Waals surface area contributed by atoms with E-state index >= 15 is 0 Å². The van der Waals surface area contributed by atoms with Crippen LogP contribution < -0.4 is 5.32 Å². The molecule has 15 heavy (non-hydrogen) atoms. The van der Waals surface area contributed by atoms with Crippen molar-refractivity contribution in [3.05, 3.63) is 22.4 Å². The largest absolute Gasteiger partial charge is 0.383 e. The van der Waals surface area contributed by atoms with Gasteiger partial charge in [0.15, 0.2) is 0 Å². The number of hydrogen-bond acceptors (Lipinski definition) is 4. The van der Waals surface area contributed by atoms with Gasteiger partial charge in [-0.2, -0.15) is 0 Å². The summed E-state index contributed by atoms with van der Waals surface area (Å²) in [6.07, 6.45) is 0. The third-order valence-corrected chi connectivity index (χ3v) is 2.83. The van der Waals surface area contributed by atoms with Gasteiger partial charge >= 0.3 is 0 Å². The predicted molar refractivity (Wildman–Crippen MR) is 63.3 cm³/mol. The fourth-order valence-corrected chi connectivity index (χ4v) is 1.89. The molecule has 0 aliphatic heterocycles. The molecular weight excluding hydrogens is 210 g/mol. The van der Waals surface area contributed by atoms with Crippen molar-refractivity contribution in [1.82, 2.24) is 5.32 Å². The molecule has 86 valence electrons. The molecule has 1 aromatic rings. The van der Waals surface area contributed by atoms with Gasteiger partial charge < -0.3 is 14.8 Å². The highest BCUT2D eigenvalue weighted by atomic mass is 32.1. The molecule has 1 rings (SSSR count). The normalized spacial score (nSPS) is 12.9. The van der Waals surface area contributed by atoms with E-state index in [0.717, 1.165) is 26.4 Å². The molecule has 0 amide bonds. The summed E-state index contributed by atoms with van der Waals surface area (Å²) in [5, 5.41) is 5.38. The molecule has 1 atom stereocenters. The lowest BCUT2D eigenvalue weighted by Gasteiger charge is -2.12. The highest BCUT2D eigenvalue weighted by molar-refractivity contribution is 7.09. The smallest absolute Gasteiger partial charge is 0.0809 e. The molecule has 0 bridgehead atoms. The molecule has 0 spiro atoms. The van der Waals surface area contributed by atoms with Gasteiger partial charge in [-0.3, -0.25) is 0 Å². The molecule has 0 aromatic carbocycles. The third kappa shape index (κ3) is 5.89. The molecule has 4 heteroatoms. The van der Waals surface area contributed by atoms with E-state index in [9.17, 15) is 0 Å². The van der Waals surface area contributed by atoms with Gasteiger partial charge in [0.1, 0.15) is 0 Å². The highest BCUT2D eigenvalue weighted by Gasteiger charge is 1.99. The van der Waals surface area contributed by atoms with E-state index in [1.807, 2.05) is 6.07 Å². The quantitative estimate of drug-likeness (QED) is 0.691. The SMILES string of the molecule is COCC(C)NCCOCc1cccs1. The molecule has 3 nitrogen and oxygen atoms in total. The van der Waals surface area contributed by atoms with Crippen molar-refractivity contribution in [3.63, 3.8) is 0 Å². The van der Waals surface area contributed by atoms with E-state index in [0.29, 0.717) is 6.04 Å². The average molecular weight is 229 g/mol. The van der Waals surface area contributed by atoms with Crippen molar-refractivity contribution in [2.75, 3.05) is 26.9 Å². The van der Waals surface area contributed by atoms with Crippen LogP contribution in [0.3, 0.4) is 0 Å². The van der Waals surface area contributed by atoms with Crippen LogP contribution in [0.15, 0.2) is 17.5 Å². The zero-order chi connectivity index (χ0) is 10.9. The molecule has 0 aliphatic rings. The Labute approximate surface area is 95.4 Å². The molecule has 1 unspecified atom stereocenters. The Morgan fingerprint density at radius 1 is 1.53 bits per heavy atom. The summed E-state index contributed by atoms with van der Waals surface area (Å²) >= 11 is 1.73. The minimum atomic E-state index is 0.389. The van der Waals surface area contributed by atoms with E-state index in [2.05, 4.69) is 23.7 Å². The van der Waals surface area contributed by atoms with Crippen LogP contribution in [0.2, 0.25) is 0 Å². The Hall–Kier alpha value is -0.420. The van der Waals surface area contributed by atoms with Crippen LogP contribution in [0.1, 0.15) is 11.8 Å². The first kappa shape index (κ1) is 12.6.